The van der Waals surface area contributed by atoms with E-state index in [9.17, 15) is 18.0 Å². The quantitative estimate of drug-likeness (QED) is 0.341. The first-order valence-corrected chi connectivity index (χ1v) is 14.6. The summed E-state index contributed by atoms with van der Waals surface area (Å²) in [6.45, 7) is 2.81. The summed E-state index contributed by atoms with van der Waals surface area (Å²) >= 11 is 0. The molecular formula is C30H35N3O4S. The highest BCUT2D eigenvalue weighted by molar-refractivity contribution is 7.89. The van der Waals surface area contributed by atoms with Crippen LogP contribution < -0.4 is 10.0 Å². The average molecular weight is 534 g/mol. The Labute approximate surface area is 225 Å². The average Bonchev–Trinajstić information content (AvgIpc) is 3.75. The van der Waals surface area contributed by atoms with E-state index in [-0.39, 0.29) is 29.2 Å². The van der Waals surface area contributed by atoms with E-state index in [4.69, 9.17) is 0 Å². The molecule has 0 saturated heterocycles. The molecule has 8 heteroatoms. The fourth-order valence-electron chi connectivity index (χ4n) is 4.28. The lowest BCUT2D eigenvalue weighted by atomic mass is 10.0. The maximum Gasteiger partial charge on any atom is 0.247 e. The Balaban J connectivity index is 1.53. The van der Waals surface area contributed by atoms with Crippen LogP contribution in [0.2, 0.25) is 0 Å². The Hall–Kier alpha value is -3.49. The summed E-state index contributed by atoms with van der Waals surface area (Å²) in [5.41, 5.74) is 2.54. The van der Waals surface area contributed by atoms with Gasteiger partial charge in [-0.05, 0) is 54.5 Å². The van der Waals surface area contributed by atoms with Crippen molar-refractivity contribution in [2.75, 3.05) is 6.54 Å². The second-order valence-corrected chi connectivity index (χ2v) is 11.4. The molecule has 1 aliphatic rings. The van der Waals surface area contributed by atoms with Crippen LogP contribution >= 0.6 is 0 Å². The van der Waals surface area contributed by atoms with Gasteiger partial charge in [0.25, 0.3) is 0 Å². The zero-order valence-electron chi connectivity index (χ0n) is 21.7. The van der Waals surface area contributed by atoms with Gasteiger partial charge in [0.2, 0.25) is 21.8 Å². The lowest BCUT2D eigenvalue weighted by molar-refractivity contribution is -0.141. The van der Waals surface area contributed by atoms with Crippen LogP contribution in [0.15, 0.2) is 89.8 Å². The molecule has 1 aliphatic carbocycles. The Bertz CT molecular complexity index is 1310. The molecule has 1 atom stereocenters. The number of amides is 2. The molecule has 7 nitrogen and oxygen atoms in total. The number of sulfonamides is 1. The fraction of sp³-hybridized carbons (Fsp3) is 0.333. The highest BCUT2D eigenvalue weighted by Gasteiger charge is 2.31. The highest BCUT2D eigenvalue weighted by Crippen LogP contribution is 2.26. The largest absolute Gasteiger partial charge is 0.354 e. The van der Waals surface area contributed by atoms with Gasteiger partial charge in [-0.25, -0.2) is 13.1 Å². The van der Waals surface area contributed by atoms with Crippen LogP contribution in [-0.2, 0) is 32.6 Å². The van der Waals surface area contributed by atoms with Crippen molar-refractivity contribution in [3.8, 4) is 0 Å². The molecule has 38 heavy (non-hydrogen) atoms. The van der Waals surface area contributed by atoms with Gasteiger partial charge in [0.15, 0.2) is 0 Å². The second-order valence-electron chi connectivity index (χ2n) is 9.65. The second kappa shape index (κ2) is 12.8. The molecule has 4 rings (SSSR count). The number of rotatable bonds is 13. The predicted molar refractivity (Wildman–Crippen MR) is 148 cm³/mol. The van der Waals surface area contributed by atoms with Gasteiger partial charge in [-0.1, -0.05) is 79.7 Å². The van der Waals surface area contributed by atoms with Gasteiger partial charge in [0.05, 0.1) is 4.90 Å². The molecule has 0 spiro atoms. The number of aryl methyl sites for hydroxylation is 1. The van der Waals surface area contributed by atoms with Crippen molar-refractivity contribution < 1.29 is 18.0 Å². The zero-order valence-corrected chi connectivity index (χ0v) is 22.5. The summed E-state index contributed by atoms with van der Waals surface area (Å²) in [6.07, 6.45) is 3.16. The maximum atomic E-state index is 13.7. The molecule has 1 unspecified atom stereocenters. The van der Waals surface area contributed by atoms with Gasteiger partial charge in [-0.3, -0.25) is 9.59 Å². The zero-order chi connectivity index (χ0) is 27.0. The molecule has 2 amide bonds. The van der Waals surface area contributed by atoms with Gasteiger partial charge in [0.1, 0.15) is 6.04 Å². The molecular weight excluding hydrogens is 498 g/mol. The molecule has 0 bridgehead atoms. The van der Waals surface area contributed by atoms with E-state index in [0.29, 0.717) is 19.5 Å². The molecule has 3 aromatic carbocycles. The van der Waals surface area contributed by atoms with Crippen LogP contribution in [0.4, 0.5) is 0 Å². The van der Waals surface area contributed by atoms with Crippen molar-refractivity contribution >= 4 is 21.8 Å². The summed E-state index contributed by atoms with van der Waals surface area (Å²) in [5.74, 6) is -0.360. The minimum absolute atomic E-state index is 0.0417. The highest BCUT2D eigenvalue weighted by atomic mass is 32.2. The van der Waals surface area contributed by atoms with Crippen molar-refractivity contribution in [1.29, 1.82) is 0 Å². The van der Waals surface area contributed by atoms with Crippen LogP contribution in [0.1, 0.15) is 55.3 Å². The van der Waals surface area contributed by atoms with Crippen LogP contribution in [0.3, 0.4) is 0 Å². The van der Waals surface area contributed by atoms with E-state index in [0.717, 1.165) is 36.0 Å². The van der Waals surface area contributed by atoms with E-state index in [1.807, 2.05) is 67.6 Å². The van der Waals surface area contributed by atoms with Crippen molar-refractivity contribution in [2.24, 2.45) is 0 Å². The smallest absolute Gasteiger partial charge is 0.247 e. The van der Waals surface area contributed by atoms with Crippen molar-refractivity contribution in [2.45, 2.75) is 62.6 Å². The van der Waals surface area contributed by atoms with Crippen LogP contribution in [-0.4, -0.2) is 37.7 Å². The molecule has 1 saturated carbocycles. The number of carbonyl (C=O) groups is 2. The summed E-state index contributed by atoms with van der Waals surface area (Å²) in [5, 5.41) is 2.97. The molecule has 0 aromatic heterocycles. The first kappa shape index (κ1) is 27.5. The van der Waals surface area contributed by atoms with Crippen molar-refractivity contribution in [3.05, 3.63) is 102 Å². The summed E-state index contributed by atoms with van der Waals surface area (Å²) in [4.78, 5) is 28.9. The number of nitrogens with zero attached hydrogens (tertiary/aromatic N) is 1. The SMILES string of the molecule is CCCNC(=O)C(c1ccccc1)N(Cc1ccccc1)C(=O)CCc1ccc(S(=O)(=O)NC2CC2)cc1. The summed E-state index contributed by atoms with van der Waals surface area (Å²) < 4.78 is 27.6. The molecule has 0 aliphatic heterocycles. The van der Waals surface area contributed by atoms with Gasteiger partial charge in [-0.2, -0.15) is 0 Å². The van der Waals surface area contributed by atoms with E-state index in [1.54, 1.807) is 29.2 Å². The summed E-state index contributed by atoms with van der Waals surface area (Å²) in [6, 6.07) is 24.9. The van der Waals surface area contributed by atoms with Gasteiger partial charge in [-0.15, -0.1) is 0 Å². The number of hydrogen-bond donors (Lipinski definition) is 2. The van der Waals surface area contributed by atoms with E-state index >= 15 is 0 Å². The minimum atomic E-state index is -3.52. The number of nitrogens with one attached hydrogen (secondary N) is 2. The van der Waals surface area contributed by atoms with E-state index in [1.165, 1.54) is 0 Å². The minimum Gasteiger partial charge on any atom is -0.354 e. The third-order valence-corrected chi connectivity index (χ3v) is 8.04. The van der Waals surface area contributed by atoms with E-state index < -0.39 is 16.1 Å². The van der Waals surface area contributed by atoms with Gasteiger partial charge < -0.3 is 10.2 Å². The third kappa shape index (κ3) is 7.52. The molecule has 0 heterocycles. The molecule has 3 aromatic rings. The monoisotopic (exact) mass is 533 g/mol. The van der Waals surface area contributed by atoms with Crippen LogP contribution in [0, 0.1) is 0 Å². The predicted octanol–water partition coefficient (Wildman–Crippen LogP) is 4.36. The van der Waals surface area contributed by atoms with E-state index in [2.05, 4.69) is 10.0 Å². The molecule has 1 fully saturated rings. The lowest BCUT2D eigenvalue weighted by Crippen LogP contribution is -2.43. The Morgan fingerprint density at radius 3 is 2.13 bits per heavy atom. The molecule has 0 radical (unpaired) electrons. The molecule has 2 N–H and O–H groups in total. The maximum absolute atomic E-state index is 13.7. The van der Waals surface area contributed by atoms with Crippen molar-refractivity contribution in [1.82, 2.24) is 14.9 Å². The first-order chi connectivity index (χ1) is 18.4. The normalized spacial score (nSPS) is 14.0. The Morgan fingerprint density at radius 1 is 0.895 bits per heavy atom. The number of hydrogen-bond acceptors (Lipinski definition) is 4. The standard InChI is InChI=1S/C30H35N3O4S/c1-2-21-31-30(35)29(25-11-7-4-8-12-25)33(22-24-9-5-3-6-10-24)28(34)20-15-23-13-18-27(19-14-23)38(36,37)32-26-16-17-26/h3-14,18-19,26,29,32H,2,15-17,20-22H2,1H3,(H,31,35). The Kier molecular flexibility index (Phi) is 9.31. The number of benzene rings is 3. The van der Waals surface area contributed by atoms with Gasteiger partial charge in [0, 0.05) is 25.6 Å². The Morgan fingerprint density at radius 2 is 1.53 bits per heavy atom. The number of carbonyl (C=O) groups excluding carboxylic acids is 2. The fourth-order valence-corrected chi connectivity index (χ4v) is 5.58. The topological polar surface area (TPSA) is 95.6 Å². The lowest BCUT2D eigenvalue weighted by Gasteiger charge is -2.32. The van der Waals surface area contributed by atoms with Gasteiger partial charge >= 0.3 is 0 Å². The van der Waals surface area contributed by atoms with Crippen molar-refractivity contribution in [3.63, 3.8) is 0 Å². The third-order valence-electron chi connectivity index (χ3n) is 6.50. The summed E-state index contributed by atoms with van der Waals surface area (Å²) in [7, 11) is -3.52. The van der Waals surface area contributed by atoms with Crippen LogP contribution in [0.25, 0.3) is 0 Å². The molecule has 200 valence electrons. The van der Waals surface area contributed by atoms with Crippen LogP contribution in [0.5, 0.6) is 0 Å². The first-order valence-electron chi connectivity index (χ1n) is 13.1.